The summed E-state index contributed by atoms with van der Waals surface area (Å²) >= 11 is 0. The van der Waals surface area contributed by atoms with Crippen molar-refractivity contribution in [2.24, 2.45) is 12.8 Å². The van der Waals surface area contributed by atoms with Crippen LogP contribution in [0.5, 0.6) is 0 Å². The Hall–Kier alpha value is -1.80. The maximum Gasteiger partial charge on any atom is 0.238 e. The first-order chi connectivity index (χ1) is 7.54. The molecule has 0 fully saturated rings. The highest BCUT2D eigenvalue weighted by Crippen LogP contribution is 2.03. The molecule has 0 aliphatic carbocycles. The van der Waals surface area contributed by atoms with Crippen LogP contribution in [0.2, 0.25) is 0 Å². The summed E-state index contributed by atoms with van der Waals surface area (Å²) in [5.74, 6) is 2.12. The summed E-state index contributed by atoms with van der Waals surface area (Å²) in [6.07, 6.45) is 7.19. The van der Waals surface area contributed by atoms with Crippen LogP contribution in [0.4, 0.5) is 0 Å². The Morgan fingerprint density at radius 3 is 3.00 bits per heavy atom. The highest BCUT2D eigenvalue weighted by Gasteiger charge is 2.12. The van der Waals surface area contributed by atoms with E-state index in [1.165, 1.54) is 0 Å². The Morgan fingerprint density at radius 2 is 2.50 bits per heavy atom. The van der Waals surface area contributed by atoms with Gasteiger partial charge in [0.05, 0.1) is 11.7 Å². The summed E-state index contributed by atoms with van der Waals surface area (Å²) in [5.41, 5.74) is 7.43. The lowest BCUT2D eigenvalue weighted by Crippen LogP contribution is -2.39. The van der Waals surface area contributed by atoms with Crippen molar-refractivity contribution in [2.45, 2.75) is 25.9 Å². The molecule has 5 nitrogen and oxygen atoms in total. The molecule has 1 amide bonds. The molecule has 0 bridgehead atoms. The van der Waals surface area contributed by atoms with Gasteiger partial charge < -0.3 is 11.1 Å². The smallest absolute Gasteiger partial charge is 0.238 e. The minimum Gasteiger partial charge on any atom is -0.351 e. The summed E-state index contributed by atoms with van der Waals surface area (Å²) in [6.45, 7) is 2.32. The molecule has 0 saturated heterocycles. The molecule has 86 valence electrons. The Morgan fingerprint density at radius 1 is 1.81 bits per heavy atom. The first kappa shape index (κ1) is 12.3. The molecule has 16 heavy (non-hydrogen) atoms. The predicted molar refractivity (Wildman–Crippen MR) is 61.2 cm³/mol. The fourth-order valence-corrected chi connectivity index (χ4v) is 1.36. The van der Waals surface area contributed by atoms with Gasteiger partial charge in [-0.3, -0.25) is 9.48 Å². The molecule has 0 saturated carbocycles. The lowest BCUT2D eigenvalue weighted by atomic mass is 10.2. The summed E-state index contributed by atoms with van der Waals surface area (Å²) in [6, 6.07) is -0.637. The standard InChI is InChI=1S/C11H16N4O/c1-4-5-10(12)11(16)13-6-9-7-15(3)14-8(9)2/h1,7,10H,5-6,12H2,2-3H3,(H,13,16). The fraction of sp³-hybridized carbons (Fsp3) is 0.455. The predicted octanol–water partition coefficient (Wildman–Crippen LogP) is -0.305. The molecule has 1 aromatic rings. The number of aryl methyl sites for hydroxylation is 2. The number of terminal acetylenes is 1. The van der Waals surface area contributed by atoms with E-state index in [-0.39, 0.29) is 12.3 Å². The van der Waals surface area contributed by atoms with Gasteiger partial charge in [0.1, 0.15) is 0 Å². The van der Waals surface area contributed by atoms with Gasteiger partial charge in [0, 0.05) is 31.8 Å². The molecule has 3 N–H and O–H groups in total. The number of rotatable bonds is 4. The molecule has 5 heteroatoms. The van der Waals surface area contributed by atoms with Crippen LogP contribution in [-0.2, 0) is 18.4 Å². The lowest BCUT2D eigenvalue weighted by Gasteiger charge is -2.08. The molecule has 0 radical (unpaired) electrons. The second kappa shape index (κ2) is 5.33. The van der Waals surface area contributed by atoms with E-state index in [0.29, 0.717) is 6.54 Å². The second-order valence-electron chi connectivity index (χ2n) is 3.65. The van der Waals surface area contributed by atoms with E-state index >= 15 is 0 Å². The molecule has 0 aliphatic heterocycles. The number of carbonyl (C=O) groups excluding carboxylic acids is 1. The number of nitrogens with one attached hydrogen (secondary N) is 1. The van der Waals surface area contributed by atoms with E-state index in [2.05, 4.69) is 16.3 Å². The average Bonchev–Trinajstić information content (AvgIpc) is 2.54. The molecule has 0 spiro atoms. The van der Waals surface area contributed by atoms with Gasteiger partial charge >= 0.3 is 0 Å². The zero-order valence-corrected chi connectivity index (χ0v) is 9.53. The highest BCUT2D eigenvalue weighted by atomic mass is 16.2. The van der Waals surface area contributed by atoms with Crippen LogP contribution in [-0.4, -0.2) is 21.7 Å². The van der Waals surface area contributed by atoms with Gasteiger partial charge in [0.2, 0.25) is 5.91 Å². The first-order valence-electron chi connectivity index (χ1n) is 5.00. The van der Waals surface area contributed by atoms with E-state index in [4.69, 9.17) is 12.2 Å². The zero-order valence-electron chi connectivity index (χ0n) is 9.53. The van der Waals surface area contributed by atoms with E-state index in [0.717, 1.165) is 11.3 Å². The van der Waals surface area contributed by atoms with Gasteiger partial charge in [-0.1, -0.05) is 0 Å². The molecule has 0 aromatic carbocycles. The third kappa shape index (κ3) is 3.11. The Bertz CT molecular complexity index is 416. The molecular weight excluding hydrogens is 204 g/mol. The van der Waals surface area contributed by atoms with Crippen LogP contribution in [0, 0.1) is 19.3 Å². The monoisotopic (exact) mass is 220 g/mol. The third-order valence-electron chi connectivity index (χ3n) is 2.24. The largest absolute Gasteiger partial charge is 0.351 e. The van der Waals surface area contributed by atoms with E-state index < -0.39 is 6.04 Å². The van der Waals surface area contributed by atoms with Gasteiger partial charge in [0.25, 0.3) is 0 Å². The van der Waals surface area contributed by atoms with E-state index in [9.17, 15) is 4.79 Å². The summed E-state index contributed by atoms with van der Waals surface area (Å²) in [4.78, 5) is 11.5. The lowest BCUT2D eigenvalue weighted by molar-refractivity contribution is -0.122. The fourth-order valence-electron chi connectivity index (χ4n) is 1.36. The number of hydrogen-bond donors (Lipinski definition) is 2. The number of hydrogen-bond acceptors (Lipinski definition) is 3. The molecular formula is C11H16N4O. The molecule has 1 rings (SSSR count). The van der Waals surface area contributed by atoms with Crippen molar-refractivity contribution in [1.29, 1.82) is 0 Å². The average molecular weight is 220 g/mol. The molecule has 1 heterocycles. The SMILES string of the molecule is C#CCC(N)C(=O)NCc1cn(C)nc1C. The van der Waals surface area contributed by atoms with Crippen LogP contribution < -0.4 is 11.1 Å². The zero-order chi connectivity index (χ0) is 12.1. The van der Waals surface area contributed by atoms with Crippen molar-refractivity contribution in [1.82, 2.24) is 15.1 Å². The minimum atomic E-state index is -0.637. The number of carbonyl (C=O) groups is 1. The number of nitrogens with zero attached hydrogens (tertiary/aromatic N) is 2. The van der Waals surface area contributed by atoms with Crippen molar-refractivity contribution in [2.75, 3.05) is 0 Å². The Kier molecular flexibility index (Phi) is 4.09. The van der Waals surface area contributed by atoms with Crippen LogP contribution in [0.3, 0.4) is 0 Å². The van der Waals surface area contributed by atoms with Crippen LogP contribution >= 0.6 is 0 Å². The first-order valence-corrected chi connectivity index (χ1v) is 5.00. The maximum atomic E-state index is 11.5. The second-order valence-corrected chi connectivity index (χ2v) is 3.65. The third-order valence-corrected chi connectivity index (χ3v) is 2.24. The number of aromatic nitrogens is 2. The van der Waals surface area contributed by atoms with Crippen LogP contribution in [0.25, 0.3) is 0 Å². The highest BCUT2D eigenvalue weighted by molar-refractivity contribution is 5.81. The van der Waals surface area contributed by atoms with Crippen LogP contribution in [0.15, 0.2) is 6.20 Å². The molecule has 1 atom stereocenters. The number of amides is 1. The van der Waals surface area contributed by atoms with E-state index in [1.807, 2.05) is 20.2 Å². The van der Waals surface area contributed by atoms with E-state index in [1.54, 1.807) is 4.68 Å². The topological polar surface area (TPSA) is 72.9 Å². The molecule has 0 aliphatic rings. The Labute approximate surface area is 95.0 Å². The van der Waals surface area contributed by atoms with Gasteiger partial charge in [-0.25, -0.2) is 0 Å². The summed E-state index contributed by atoms with van der Waals surface area (Å²) < 4.78 is 1.71. The summed E-state index contributed by atoms with van der Waals surface area (Å²) in [5, 5.41) is 6.90. The van der Waals surface area contributed by atoms with Gasteiger partial charge in [0.15, 0.2) is 0 Å². The van der Waals surface area contributed by atoms with Crippen LogP contribution in [0.1, 0.15) is 17.7 Å². The minimum absolute atomic E-state index is 0.235. The van der Waals surface area contributed by atoms with Gasteiger partial charge in [-0.15, -0.1) is 12.3 Å². The molecule has 1 unspecified atom stereocenters. The van der Waals surface area contributed by atoms with Gasteiger partial charge in [-0.05, 0) is 6.92 Å². The normalized spacial score (nSPS) is 11.9. The quantitative estimate of drug-likeness (QED) is 0.684. The molecule has 1 aromatic heterocycles. The van der Waals surface area contributed by atoms with Crippen molar-refractivity contribution in [3.63, 3.8) is 0 Å². The Balaban J connectivity index is 2.49. The van der Waals surface area contributed by atoms with Crippen molar-refractivity contribution in [3.05, 3.63) is 17.5 Å². The van der Waals surface area contributed by atoms with Crippen molar-refractivity contribution >= 4 is 5.91 Å². The van der Waals surface area contributed by atoms with Crippen molar-refractivity contribution < 1.29 is 4.79 Å². The van der Waals surface area contributed by atoms with Crippen molar-refractivity contribution in [3.8, 4) is 12.3 Å². The summed E-state index contributed by atoms with van der Waals surface area (Å²) in [7, 11) is 1.84. The number of nitrogens with two attached hydrogens (primary N) is 1. The van der Waals surface area contributed by atoms with Gasteiger partial charge in [-0.2, -0.15) is 5.10 Å². The maximum absolute atomic E-state index is 11.5.